The van der Waals surface area contributed by atoms with E-state index in [1.807, 2.05) is 18.2 Å². The van der Waals surface area contributed by atoms with Crippen molar-refractivity contribution in [3.05, 3.63) is 82.1 Å². The van der Waals surface area contributed by atoms with Gasteiger partial charge in [0.05, 0.1) is 21.9 Å². The Morgan fingerprint density at radius 1 is 0.962 bits per heavy atom. The van der Waals surface area contributed by atoms with Gasteiger partial charge in [-0.15, -0.1) is 5.10 Å². The van der Waals surface area contributed by atoms with Crippen molar-refractivity contribution in [1.82, 2.24) is 14.6 Å². The number of rotatable bonds is 4. The first-order chi connectivity index (χ1) is 12.6. The zero-order valence-electron chi connectivity index (χ0n) is 13.4. The molecule has 1 N–H and O–H groups in total. The first-order valence-corrected chi connectivity index (χ1v) is 8.58. The largest absolute Gasteiger partial charge is 0.508 e. The highest BCUT2D eigenvalue weighted by Crippen LogP contribution is 2.29. The fraction of sp³-hybridized carbons (Fsp3) is 0.0526. The topological polar surface area (TPSA) is 59.7 Å². The van der Waals surface area contributed by atoms with Crippen molar-refractivity contribution in [2.75, 3.05) is 0 Å². The third kappa shape index (κ3) is 3.45. The number of aromatic hydroxyl groups is 1. The highest BCUT2D eigenvalue weighted by molar-refractivity contribution is 6.42. The molecule has 0 aliphatic carbocycles. The summed E-state index contributed by atoms with van der Waals surface area (Å²) in [5.74, 6) is 1.20. The number of halogens is 2. The molecule has 0 fully saturated rings. The predicted molar refractivity (Wildman–Crippen MR) is 100 cm³/mol. The number of hydrogen-bond donors (Lipinski definition) is 1. The summed E-state index contributed by atoms with van der Waals surface area (Å²) in [4.78, 5) is 4.36. The van der Waals surface area contributed by atoms with Crippen molar-refractivity contribution in [1.29, 1.82) is 0 Å². The Hall–Kier alpha value is -2.76. The van der Waals surface area contributed by atoms with Gasteiger partial charge in [0.15, 0.2) is 5.65 Å². The van der Waals surface area contributed by atoms with Crippen LogP contribution in [0, 0.1) is 0 Å². The molecule has 0 saturated carbocycles. The van der Waals surface area contributed by atoms with Gasteiger partial charge >= 0.3 is 0 Å². The van der Waals surface area contributed by atoms with E-state index >= 15 is 0 Å². The van der Waals surface area contributed by atoms with Crippen LogP contribution in [0.5, 0.6) is 17.4 Å². The molecule has 0 unspecified atom stereocenters. The maximum atomic E-state index is 9.40. The number of phenolic OH excluding ortho intramolecular Hbond substituents is 1. The lowest BCUT2D eigenvalue weighted by molar-refractivity contribution is 0.451. The summed E-state index contributed by atoms with van der Waals surface area (Å²) in [5, 5.41) is 14.8. The van der Waals surface area contributed by atoms with Crippen LogP contribution in [-0.4, -0.2) is 19.7 Å². The normalized spacial score (nSPS) is 11.0. The summed E-state index contributed by atoms with van der Waals surface area (Å²) in [6, 6.07) is 15.7. The van der Waals surface area contributed by atoms with Gasteiger partial charge in [0, 0.05) is 18.6 Å². The number of nitrogens with zero attached hydrogens (tertiary/aromatic N) is 3. The molecule has 0 amide bonds. The van der Waals surface area contributed by atoms with Crippen LogP contribution in [0.2, 0.25) is 10.0 Å². The van der Waals surface area contributed by atoms with Gasteiger partial charge in [-0.3, -0.25) is 0 Å². The van der Waals surface area contributed by atoms with E-state index in [-0.39, 0.29) is 5.75 Å². The van der Waals surface area contributed by atoms with Gasteiger partial charge in [0.2, 0.25) is 5.88 Å². The van der Waals surface area contributed by atoms with E-state index in [4.69, 9.17) is 27.9 Å². The summed E-state index contributed by atoms with van der Waals surface area (Å²) in [5.41, 5.74) is 2.67. The maximum Gasteiger partial charge on any atom is 0.237 e. The number of imidazole rings is 1. The van der Waals surface area contributed by atoms with Crippen LogP contribution in [0.4, 0.5) is 0 Å². The van der Waals surface area contributed by atoms with E-state index in [1.165, 1.54) is 0 Å². The van der Waals surface area contributed by atoms with E-state index in [0.29, 0.717) is 28.1 Å². The average molecular weight is 386 g/mol. The van der Waals surface area contributed by atoms with Crippen molar-refractivity contribution >= 4 is 28.8 Å². The van der Waals surface area contributed by atoms with Gasteiger partial charge in [-0.05, 0) is 35.9 Å². The molecule has 0 radical (unpaired) electrons. The number of ether oxygens (including phenoxy) is 1. The highest BCUT2D eigenvalue weighted by atomic mass is 35.5. The van der Waals surface area contributed by atoms with Crippen molar-refractivity contribution in [3.63, 3.8) is 0 Å². The highest BCUT2D eigenvalue weighted by Gasteiger charge is 2.09. The van der Waals surface area contributed by atoms with Crippen LogP contribution >= 0.6 is 23.2 Å². The van der Waals surface area contributed by atoms with Crippen LogP contribution in [0.1, 0.15) is 11.3 Å². The predicted octanol–water partition coefficient (Wildman–Crippen LogP) is 5.12. The van der Waals surface area contributed by atoms with Crippen LogP contribution in [0.25, 0.3) is 5.65 Å². The first-order valence-electron chi connectivity index (χ1n) is 7.83. The third-order valence-corrected chi connectivity index (χ3v) is 4.58. The summed E-state index contributed by atoms with van der Waals surface area (Å²) in [7, 11) is 0. The molecule has 0 saturated heterocycles. The van der Waals surface area contributed by atoms with E-state index in [9.17, 15) is 5.11 Å². The van der Waals surface area contributed by atoms with Crippen LogP contribution in [-0.2, 0) is 6.42 Å². The molecule has 4 aromatic rings. The van der Waals surface area contributed by atoms with Gasteiger partial charge in [0.1, 0.15) is 11.5 Å². The molecule has 2 heterocycles. The second kappa shape index (κ2) is 6.86. The van der Waals surface area contributed by atoms with Gasteiger partial charge < -0.3 is 9.84 Å². The molecule has 5 nitrogen and oxygen atoms in total. The van der Waals surface area contributed by atoms with Crippen LogP contribution in [0.3, 0.4) is 0 Å². The number of fused-ring (bicyclic) bond motifs is 1. The van der Waals surface area contributed by atoms with Crippen molar-refractivity contribution in [3.8, 4) is 17.4 Å². The summed E-state index contributed by atoms with van der Waals surface area (Å²) in [6.45, 7) is 0. The monoisotopic (exact) mass is 385 g/mol. The fourth-order valence-corrected chi connectivity index (χ4v) is 2.85. The SMILES string of the molecule is Oc1ccc(Cc2cnc3ccc(Oc4ccc(Cl)c(Cl)c4)nn23)cc1. The minimum atomic E-state index is 0.238. The van der Waals surface area contributed by atoms with E-state index in [0.717, 1.165) is 16.9 Å². The van der Waals surface area contributed by atoms with Crippen molar-refractivity contribution in [2.45, 2.75) is 6.42 Å². The summed E-state index contributed by atoms with van der Waals surface area (Å²) < 4.78 is 7.51. The zero-order chi connectivity index (χ0) is 18.1. The average Bonchev–Trinajstić information content (AvgIpc) is 3.02. The van der Waals surface area contributed by atoms with Gasteiger partial charge in [0.25, 0.3) is 0 Å². The van der Waals surface area contributed by atoms with E-state index in [2.05, 4.69) is 10.1 Å². The molecule has 26 heavy (non-hydrogen) atoms. The van der Waals surface area contributed by atoms with Crippen molar-refractivity contribution < 1.29 is 9.84 Å². The Bertz CT molecular complexity index is 1080. The lowest BCUT2D eigenvalue weighted by Crippen LogP contribution is -2.00. The van der Waals surface area contributed by atoms with Crippen molar-refractivity contribution in [2.24, 2.45) is 0 Å². The van der Waals surface area contributed by atoms with Gasteiger partial charge in [-0.1, -0.05) is 35.3 Å². The number of hydrogen-bond acceptors (Lipinski definition) is 4. The minimum Gasteiger partial charge on any atom is -0.508 e. The van der Waals surface area contributed by atoms with E-state index in [1.54, 1.807) is 47.1 Å². The molecule has 0 spiro atoms. The second-order valence-electron chi connectivity index (χ2n) is 5.71. The maximum absolute atomic E-state index is 9.40. The minimum absolute atomic E-state index is 0.238. The Balaban J connectivity index is 1.63. The van der Waals surface area contributed by atoms with E-state index < -0.39 is 0 Å². The number of phenols is 1. The summed E-state index contributed by atoms with van der Waals surface area (Å²) >= 11 is 11.9. The second-order valence-corrected chi connectivity index (χ2v) is 6.53. The molecular formula is C19H13Cl2N3O2. The zero-order valence-corrected chi connectivity index (χ0v) is 14.9. The molecule has 0 aliphatic heterocycles. The molecule has 2 aromatic carbocycles. The smallest absolute Gasteiger partial charge is 0.237 e. The summed E-state index contributed by atoms with van der Waals surface area (Å²) in [6.07, 6.45) is 2.41. The Morgan fingerprint density at radius 3 is 2.54 bits per heavy atom. The lowest BCUT2D eigenvalue weighted by atomic mass is 10.1. The van der Waals surface area contributed by atoms with Crippen LogP contribution < -0.4 is 4.74 Å². The number of aromatic nitrogens is 3. The molecule has 130 valence electrons. The molecule has 0 bridgehead atoms. The lowest BCUT2D eigenvalue weighted by Gasteiger charge is -2.07. The molecular weight excluding hydrogens is 373 g/mol. The third-order valence-electron chi connectivity index (χ3n) is 3.84. The Labute approximate surface area is 159 Å². The first kappa shape index (κ1) is 16.7. The van der Waals surface area contributed by atoms with Crippen LogP contribution in [0.15, 0.2) is 60.8 Å². The molecule has 2 aromatic heterocycles. The standard InChI is InChI=1S/C19H13Cl2N3O2/c20-16-6-5-15(10-17(16)21)26-19-8-7-18-22-11-13(24(18)23-19)9-12-1-3-14(25)4-2-12/h1-8,10-11,25H,9H2. The molecule has 7 heteroatoms. The fourth-order valence-electron chi connectivity index (χ4n) is 2.56. The Kier molecular flexibility index (Phi) is 4.41. The molecule has 0 aliphatic rings. The Morgan fingerprint density at radius 2 is 1.77 bits per heavy atom. The van der Waals surface area contributed by atoms with Gasteiger partial charge in [-0.2, -0.15) is 0 Å². The molecule has 4 rings (SSSR count). The van der Waals surface area contributed by atoms with Gasteiger partial charge in [-0.25, -0.2) is 9.50 Å². The quantitative estimate of drug-likeness (QED) is 0.529. The molecule has 0 atom stereocenters. The number of benzene rings is 2.